The number of anilines is 2. The lowest BCUT2D eigenvalue weighted by atomic mass is 10.1. The molecule has 0 radical (unpaired) electrons. The fraction of sp³-hybridized carbons (Fsp3) is 0.263. The average molecular weight is 377 g/mol. The second-order valence-corrected chi connectivity index (χ2v) is 6.54. The van der Waals surface area contributed by atoms with E-state index in [1.54, 1.807) is 30.5 Å². The molecule has 0 aliphatic heterocycles. The maximum Gasteiger partial charge on any atom is 0.433 e. The zero-order valence-corrected chi connectivity index (χ0v) is 14.1. The molecule has 2 aromatic heterocycles. The minimum atomic E-state index is -4.48. The summed E-state index contributed by atoms with van der Waals surface area (Å²) in [4.78, 5) is 7.66. The third kappa shape index (κ3) is 3.94. The van der Waals surface area contributed by atoms with Gasteiger partial charge in [-0.05, 0) is 54.6 Å². The largest absolute Gasteiger partial charge is 0.490 e. The zero-order valence-electron chi connectivity index (χ0n) is 14.1. The molecule has 0 amide bonds. The summed E-state index contributed by atoms with van der Waals surface area (Å²) in [6.07, 6.45) is -0.745. The molecule has 1 aromatic carbocycles. The molecular formula is C19H15F4N3O. The summed E-state index contributed by atoms with van der Waals surface area (Å²) < 4.78 is 57.0. The average Bonchev–Trinajstić information content (AvgIpc) is 3.38. The lowest BCUT2D eigenvalue weighted by Crippen LogP contribution is -2.13. The van der Waals surface area contributed by atoms with E-state index in [2.05, 4.69) is 15.3 Å². The van der Waals surface area contributed by atoms with Gasteiger partial charge in [0.1, 0.15) is 29.5 Å². The van der Waals surface area contributed by atoms with Crippen LogP contribution in [0.2, 0.25) is 0 Å². The fourth-order valence-corrected chi connectivity index (χ4v) is 2.61. The van der Waals surface area contributed by atoms with Gasteiger partial charge in [-0.2, -0.15) is 13.2 Å². The highest BCUT2D eigenvalue weighted by Crippen LogP contribution is 2.40. The predicted octanol–water partition coefficient (Wildman–Crippen LogP) is 5.27. The van der Waals surface area contributed by atoms with Crippen molar-refractivity contribution in [3.05, 3.63) is 54.5 Å². The molecule has 2 heterocycles. The molecule has 1 saturated carbocycles. The van der Waals surface area contributed by atoms with Crippen molar-refractivity contribution in [1.82, 2.24) is 9.97 Å². The SMILES string of the molecule is FC1(COc2ccc3c(Nc4ccc(C(F)(F)F)nc4)nccc3c2)CC1. The van der Waals surface area contributed by atoms with Crippen LogP contribution in [0, 0.1) is 0 Å². The van der Waals surface area contributed by atoms with Gasteiger partial charge in [0.15, 0.2) is 0 Å². The van der Waals surface area contributed by atoms with Crippen LogP contribution in [-0.4, -0.2) is 22.2 Å². The van der Waals surface area contributed by atoms with Gasteiger partial charge in [0.2, 0.25) is 0 Å². The Balaban J connectivity index is 1.54. The van der Waals surface area contributed by atoms with Crippen LogP contribution >= 0.6 is 0 Å². The van der Waals surface area contributed by atoms with E-state index in [-0.39, 0.29) is 6.61 Å². The van der Waals surface area contributed by atoms with Gasteiger partial charge in [-0.1, -0.05) is 0 Å². The lowest BCUT2D eigenvalue weighted by Gasteiger charge is -2.12. The van der Waals surface area contributed by atoms with Crippen LogP contribution in [0.15, 0.2) is 48.8 Å². The summed E-state index contributed by atoms with van der Waals surface area (Å²) in [5, 5.41) is 4.54. The van der Waals surface area contributed by atoms with Crippen LogP contribution in [-0.2, 0) is 6.18 Å². The lowest BCUT2D eigenvalue weighted by molar-refractivity contribution is -0.141. The molecule has 1 aliphatic rings. The molecule has 0 atom stereocenters. The number of benzene rings is 1. The Labute approximate surface area is 152 Å². The Kier molecular flexibility index (Phi) is 4.13. The first kappa shape index (κ1) is 17.5. The topological polar surface area (TPSA) is 47.0 Å². The molecule has 0 unspecified atom stereocenters. The van der Waals surface area contributed by atoms with Crippen molar-refractivity contribution < 1.29 is 22.3 Å². The van der Waals surface area contributed by atoms with Gasteiger partial charge < -0.3 is 10.1 Å². The Morgan fingerprint density at radius 1 is 1.07 bits per heavy atom. The Bertz CT molecular complexity index is 969. The first-order chi connectivity index (χ1) is 12.8. The molecule has 140 valence electrons. The quantitative estimate of drug-likeness (QED) is 0.615. The van der Waals surface area contributed by atoms with E-state index in [0.717, 1.165) is 23.0 Å². The molecule has 0 bridgehead atoms. The molecular weight excluding hydrogens is 362 g/mol. The van der Waals surface area contributed by atoms with Gasteiger partial charge in [-0.15, -0.1) is 0 Å². The summed E-state index contributed by atoms with van der Waals surface area (Å²) >= 11 is 0. The Hall–Kier alpha value is -2.90. The second-order valence-electron chi connectivity index (χ2n) is 6.54. The summed E-state index contributed by atoms with van der Waals surface area (Å²) in [7, 11) is 0. The van der Waals surface area contributed by atoms with E-state index in [0.29, 0.717) is 30.1 Å². The number of pyridine rings is 2. The van der Waals surface area contributed by atoms with Crippen molar-refractivity contribution in [3.63, 3.8) is 0 Å². The normalized spacial score (nSPS) is 15.6. The minimum Gasteiger partial charge on any atom is -0.490 e. The van der Waals surface area contributed by atoms with Gasteiger partial charge in [0, 0.05) is 11.6 Å². The van der Waals surface area contributed by atoms with Crippen molar-refractivity contribution in [2.75, 3.05) is 11.9 Å². The van der Waals surface area contributed by atoms with Crippen molar-refractivity contribution in [2.45, 2.75) is 24.7 Å². The maximum atomic E-state index is 13.7. The predicted molar refractivity (Wildman–Crippen MR) is 92.8 cm³/mol. The van der Waals surface area contributed by atoms with Gasteiger partial charge in [0.25, 0.3) is 0 Å². The smallest absolute Gasteiger partial charge is 0.433 e. The molecule has 0 spiro atoms. The second kappa shape index (κ2) is 6.37. The van der Waals surface area contributed by atoms with Gasteiger partial charge in [-0.3, -0.25) is 0 Å². The molecule has 8 heteroatoms. The molecule has 1 N–H and O–H groups in total. The summed E-state index contributed by atoms with van der Waals surface area (Å²) in [5.41, 5.74) is -1.77. The van der Waals surface area contributed by atoms with Crippen molar-refractivity contribution in [1.29, 1.82) is 0 Å². The highest BCUT2D eigenvalue weighted by atomic mass is 19.4. The van der Waals surface area contributed by atoms with E-state index in [4.69, 9.17) is 4.74 Å². The number of nitrogens with one attached hydrogen (secondary N) is 1. The first-order valence-electron chi connectivity index (χ1n) is 8.33. The number of halogens is 4. The van der Waals surface area contributed by atoms with E-state index in [1.165, 1.54) is 6.07 Å². The molecule has 3 aromatic rings. The van der Waals surface area contributed by atoms with Gasteiger partial charge >= 0.3 is 6.18 Å². The molecule has 1 fully saturated rings. The number of hydrogen-bond donors (Lipinski definition) is 1. The number of aromatic nitrogens is 2. The Morgan fingerprint density at radius 2 is 1.89 bits per heavy atom. The number of alkyl halides is 4. The zero-order chi connectivity index (χ0) is 19.1. The third-order valence-corrected chi connectivity index (χ3v) is 4.34. The molecule has 4 nitrogen and oxygen atoms in total. The molecule has 4 rings (SSSR count). The Morgan fingerprint density at radius 3 is 2.56 bits per heavy atom. The molecule has 1 aliphatic carbocycles. The summed E-state index contributed by atoms with van der Waals surface area (Å²) in [6, 6.07) is 9.25. The number of fused-ring (bicyclic) bond motifs is 1. The van der Waals surface area contributed by atoms with Crippen LogP contribution in [0.1, 0.15) is 18.5 Å². The van der Waals surface area contributed by atoms with Crippen LogP contribution in [0.3, 0.4) is 0 Å². The van der Waals surface area contributed by atoms with Gasteiger partial charge in [0.05, 0.1) is 11.9 Å². The summed E-state index contributed by atoms with van der Waals surface area (Å²) in [5.74, 6) is 1.03. The fourth-order valence-electron chi connectivity index (χ4n) is 2.61. The highest BCUT2D eigenvalue weighted by molar-refractivity contribution is 5.94. The van der Waals surface area contributed by atoms with E-state index < -0.39 is 17.5 Å². The number of rotatable bonds is 5. The monoisotopic (exact) mass is 377 g/mol. The maximum absolute atomic E-state index is 13.7. The number of nitrogens with zero attached hydrogens (tertiary/aromatic N) is 2. The number of hydrogen-bond acceptors (Lipinski definition) is 4. The molecule has 27 heavy (non-hydrogen) atoms. The van der Waals surface area contributed by atoms with Crippen molar-refractivity contribution >= 4 is 22.3 Å². The van der Waals surface area contributed by atoms with E-state index in [1.807, 2.05) is 0 Å². The standard InChI is InChI=1S/C19H15F4N3O/c20-18(6-7-18)11-27-14-2-3-15-12(9-14)5-8-24-17(15)26-13-1-4-16(25-10-13)19(21,22)23/h1-5,8-10H,6-7,11H2,(H,24,26). The first-order valence-corrected chi connectivity index (χ1v) is 8.33. The van der Waals surface area contributed by atoms with Crippen LogP contribution in [0.4, 0.5) is 29.1 Å². The summed E-state index contributed by atoms with van der Waals surface area (Å²) in [6.45, 7) is 0.0337. The van der Waals surface area contributed by atoms with E-state index in [9.17, 15) is 17.6 Å². The van der Waals surface area contributed by atoms with Crippen molar-refractivity contribution in [3.8, 4) is 5.75 Å². The van der Waals surface area contributed by atoms with Crippen molar-refractivity contribution in [2.24, 2.45) is 0 Å². The van der Waals surface area contributed by atoms with Crippen LogP contribution < -0.4 is 10.1 Å². The van der Waals surface area contributed by atoms with Gasteiger partial charge in [-0.25, -0.2) is 14.4 Å². The van der Waals surface area contributed by atoms with Crippen LogP contribution in [0.25, 0.3) is 10.8 Å². The molecule has 0 saturated heterocycles. The van der Waals surface area contributed by atoms with E-state index >= 15 is 0 Å². The highest BCUT2D eigenvalue weighted by Gasteiger charge is 2.44. The third-order valence-electron chi connectivity index (χ3n) is 4.34. The minimum absolute atomic E-state index is 0.0337. The number of ether oxygens (including phenoxy) is 1. The van der Waals surface area contributed by atoms with Crippen LogP contribution in [0.5, 0.6) is 5.75 Å².